The Labute approximate surface area is 297 Å². The summed E-state index contributed by atoms with van der Waals surface area (Å²) in [6, 6.07) is 10.7. The summed E-state index contributed by atoms with van der Waals surface area (Å²) in [5.74, 6) is -8.41. The molecule has 2 saturated heterocycles. The number of benzene rings is 1. The van der Waals surface area contributed by atoms with Gasteiger partial charge in [-0.2, -0.15) is 13.2 Å². The number of anilines is 3. The number of fused-ring (bicyclic) bond motifs is 2. The van der Waals surface area contributed by atoms with Crippen LogP contribution in [0.25, 0.3) is 16.9 Å². The Bertz CT molecular complexity index is 2050. The van der Waals surface area contributed by atoms with Crippen LogP contribution in [-0.2, 0) is 17.8 Å². The van der Waals surface area contributed by atoms with E-state index in [2.05, 4.69) is 30.7 Å². The number of likely N-dealkylation sites (tertiary alicyclic amines) is 1. The van der Waals surface area contributed by atoms with E-state index >= 15 is 0 Å². The molecule has 4 aliphatic rings. The molecule has 1 saturated carbocycles. The maximum atomic E-state index is 14.6. The zero-order valence-electron chi connectivity index (χ0n) is 28.2. The van der Waals surface area contributed by atoms with Gasteiger partial charge in [0.25, 0.3) is 17.8 Å². The standard InChI is InChI=1S/C32H33F4N9O.C2HF3O2/c1-37-23-11-27(42-45-25(14-40-28(23)45)29(46)41-26-12-31(26,33)34)44-10-7-21-20(3-2-4-24(21)44)22-6-5-19(13-39-22)15-43-17-30(18-43)8-9-38-16-32(30,35)36;3-2(4,5)1(6)7/h2-6,11,13-14,26,37-38H,7-10,12,15-18H2,1H3,(H,41,46);(H,6,7)/t26-;/m1./s1. The highest BCUT2D eigenvalue weighted by atomic mass is 19.4. The predicted molar refractivity (Wildman–Crippen MR) is 178 cm³/mol. The summed E-state index contributed by atoms with van der Waals surface area (Å²) in [5.41, 5.74) is 5.05. The molecule has 3 aliphatic heterocycles. The minimum absolute atomic E-state index is 0.0753. The summed E-state index contributed by atoms with van der Waals surface area (Å²) in [4.78, 5) is 35.0. The number of nitrogens with zero attached hydrogens (tertiary/aromatic N) is 6. The van der Waals surface area contributed by atoms with E-state index in [-0.39, 0.29) is 18.7 Å². The van der Waals surface area contributed by atoms with Gasteiger partial charge in [-0.15, -0.1) is 5.10 Å². The summed E-state index contributed by atoms with van der Waals surface area (Å²) < 4.78 is 89.2. The topological polar surface area (TPSA) is 140 Å². The van der Waals surface area contributed by atoms with Crippen molar-refractivity contribution in [3.05, 3.63) is 65.6 Å². The fourth-order valence-corrected chi connectivity index (χ4v) is 7.13. The van der Waals surface area contributed by atoms with E-state index in [4.69, 9.17) is 20.0 Å². The van der Waals surface area contributed by atoms with Crippen LogP contribution in [0.1, 0.15) is 34.5 Å². The number of nitrogens with one attached hydrogen (secondary N) is 3. The molecule has 1 aliphatic carbocycles. The first-order chi connectivity index (χ1) is 25.0. The SMILES string of the molecule is CNc1cc(N2CCc3c(-c4ccc(CN5CC6(CCNCC6(F)F)C5)cn4)cccc32)nn2c(C(=O)N[C@@H]3CC3(F)F)cnc12.O=C(O)C(F)(F)F. The number of carbonyl (C=O) groups is 2. The predicted octanol–water partition coefficient (Wildman–Crippen LogP) is 4.73. The second kappa shape index (κ2) is 13.1. The largest absolute Gasteiger partial charge is 0.490 e. The summed E-state index contributed by atoms with van der Waals surface area (Å²) in [6.45, 7) is 2.38. The van der Waals surface area contributed by atoms with Gasteiger partial charge in [-0.1, -0.05) is 18.2 Å². The van der Waals surface area contributed by atoms with Crippen molar-refractivity contribution in [1.82, 2.24) is 35.1 Å². The molecule has 53 heavy (non-hydrogen) atoms. The minimum atomic E-state index is -5.08. The van der Waals surface area contributed by atoms with Crippen molar-refractivity contribution in [2.45, 2.75) is 49.9 Å². The Hall–Kier alpha value is -5.04. The van der Waals surface area contributed by atoms with Crippen LogP contribution < -0.4 is 20.9 Å². The first kappa shape index (κ1) is 36.3. The molecule has 0 radical (unpaired) electrons. The van der Waals surface area contributed by atoms with E-state index in [9.17, 15) is 35.5 Å². The van der Waals surface area contributed by atoms with Gasteiger partial charge in [-0.25, -0.2) is 31.9 Å². The molecule has 4 N–H and O–H groups in total. The molecule has 12 nitrogen and oxygen atoms in total. The molecule has 1 spiro atoms. The number of imidazole rings is 1. The third-order valence-electron chi connectivity index (χ3n) is 10.1. The molecule has 3 aromatic heterocycles. The first-order valence-corrected chi connectivity index (χ1v) is 16.7. The van der Waals surface area contributed by atoms with Gasteiger partial charge in [0, 0.05) is 63.2 Å². The Morgan fingerprint density at radius 3 is 2.43 bits per heavy atom. The summed E-state index contributed by atoms with van der Waals surface area (Å²) in [7, 11) is 1.74. The molecule has 19 heteroatoms. The van der Waals surface area contributed by atoms with E-state index in [0.29, 0.717) is 56.3 Å². The maximum absolute atomic E-state index is 14.6. The highest BCUT2D eigenvalue weighted by Gasteiger charge is 2.61. The monoisotopic (exact) mass is 749 g/mol. The number of aliphatic carboxylic acids is 1. The number of pyridine rings is 1. The smallest absolute Gasteiger partial charge is 0.475 e. The average molecular weight is 750 g/mol. The molecule has 0 unspecified atom stereocenters. The van der Waals surface area contributed by atoms with Crippen molar-refractivity contribution in [2.24, 2.45) is 5.41 Å². The van der Waals surface area contributed by atoms with Crippen LogP contribution in [0.4, 0.5) is 47.9 Å². The van der Waals surface area contributed by atoms with Crippen molar-refractivity contribution in [3.8, 4) is 11.3 Å². The lowest BCUT2D eigenvalue weighted by molar-refractivity contribution is -0.205. The molecule has 0 bridgehead atoms. The Morgan fingerprint density at radius 1 is 1.08 bits per heavy atom. The van der Waals surface area contributed by atoms with E-state index in [0.717, 1.165) is 34.5 Å². The maximum Gasteiger partial charge on any atom is 0.490 e. The molecule has 6 heterocycles. The molecular weight excluding hydrogens is 715 g/mol. The molecule has 8 rings (SSSR count). The fraction of sp³-hybridized carbons (Fsp3) is 0.441. The van der Waals surface area contributed by atoms with Gasteiger partial charge in [-0.3, -0.25) is 14.7 Å². The lowest BCUT2D eigenvalue weighted by Crippen LogP contribution is -2.69. The van der Waals surface area contributed by atoms with Crippen LogP contribution in [0.15, 0.2) is 48.8 Å². The number of aromatic nitrogens is 4. The average Bonchev–Trinajstić information content (AvgIpc) is 3.41. The Kier molecular flexibility index (Phi) is 8.99. The number of piperidine rings is 1. The highest BCUT2D eigenvalue weighted by molar-refractivity contribution is 5.94. The lowest BCUT2D eigenvalue weighted by Gasteiger charge is -2.56. The van der Waals surface area contributed by atoms with Crippen molar-refractivity contribution < 1.29 is 45.4 Å². The number of halogens is 7. The molecular formula is C34H34F7N9O3. The van der Waals surface area contributed by atoms with Crippen LogP contribution in [0, 0.1) is 5.41 Å². The number of hydrogen-bond donors (Lipinski definition) is 4. The summed E-state index contributed by atoms with van der Waals surface area (Å²) in [6.07, 6.45) is -1.07. The highest BCUT2D eigenvalue weighted by Crippen LogP contribution is 2.49. The second-order valence-electron chi connectivity index (χ2n) is 13.7. The quantitative estimate of drug-likeness (QED) is 0.196. The van der Waals surface area contributed by atoms with Crippen LogP contribution in [0.3, 0.4) is 0 Å². The third kappa shape index (κ3) is 6.82. The number of amides is 1. The number of alkyl halides is 7. The molecule has 3 fully saturated rings. The summed E-state index contributed by atoms with van der Waals surface area (Å²) >= 11 is 0. The Morgan fingerprint density at radius 2 is 1.81 bits per heavy atom. The molecule has 1 amide bonds. The third-order valence-corrected chi connectivity index (χ3v) is 10.1. The van der Waals surface area contributed by atoms with E-state index < -0.39 is 41.4 Å². The van der Waals surface area contributed by atoms with Gasteiger partial charge >= 0.3 is 12.1 Å². The van der Waals surface area contributed by atoms with Gasteiger partial charge in [0.2, 0.25) is 0 Å². The van der Waals surface area contributed by atoms with E-state index in [1.807, 2.05) is 42.6 Å². The van der Waals surface area contributed by atoms with Crippen molar-refractivity contribution in [3.63, 3.8) is 0 Å². The van der Waals surface area contributed by atoms with E-state index in [1.165, 1.54) is 10.7 Å². The minimum Gasteiger partial charge on any atom is -0.475 e. The van der Waals surface area contributed by atoms with Gasteiger partial charge < -0.3 is 26.0 Å². The number of hydrogen-bond acceptors (Lipinski definition) is 9. The molecule has 282 valence electrons. The van der Waals surface area contributed by atoms with Crippen LogP contribution in [0.2, 0.25) is 0 Å². The van der Waals surface area contributed by atoms with Crippen molar-refractivity contribution in [2.75, 3.05) is 50.0 Å². The van der Waals surface area contributed by atoms with Crippen LogP contribution in [-0.4, -0.2) is 105 Å². The molecule has 1 atom stereocenters. The fourth-order valence-electron chi connectivity index (χ4n) is 7.13. The normalized spacial score (nSPS) is 21.0. The first-order valence-electron chi connectivity index (χ1n) is 16.7. The van der Waals surface area contributed by atoms with Gasteiger partial charge in [0.1, 0.15) is 0 Å². The zero-order valence-corrected chi connectivity index (χ0v) is 28.2. The van der Waals surface area contributed by atoms with Gasteiger partial charge in [-0.05, 0) is 42.6 Å². The van der Waals surface area contributed by atoms with Crippen LogP contribution in [0.5, 0.6) is 0 Å². The zero-order chi connectivity index (χ0) is 37.9. The number of carboxylic acids is 1. The number of rotatable bonds is 7. The number of carbonyl (C=O) groups excluding carboxylic acids is 1. The summed E-state index contributed by atoms with van der Waals surface area (Å²) in [5, 5.41) is 20.2. The molecule has 4 aromatic rings. The molecule has 1 aromatic carbocycles. The lowest BCUT2D eigenvalue weighted by atomic mass is 9.69. The number of carboxylic acid groups (broad SMARTS) is 1. The Balaban J connectivity index is 0.000000568. The van der Waals surface area contributed by atoms with Gasteiger partial charge in [0.05, 0.1) is 35.6 Å². The van der Waals surface area contributed by atoms with Crippen molar-refractivity contribution in [1.29, 1.82) is 0 Å². The van der Waals surface area contributed by atoms with E-state index in [1.54, 1.807) is 7.05 Å². The van der Waals surface area contributed by atoms with Crippen molar-refractivity contribution >= 4 is 34.7 Å². The van der Waals surface area contributed by atoms with Gasteiger partial charge in [0.15, 0.2) is 17.2 Å². The van der Waals surface area contributed by atoms with Crippen LogP contribution >= 0.6 is 0 Å². The second-order valence-corrected chi connectivity index (χ2v) is 13.7.